The summed E-state index contributed by atoms with van der Waals surface area (Å²) in [4.78, 5) is 2.48. The second kappa shape index (κ2) is 16.0. The minimum atomic E-state index is -0.107. The van der Waals surface area contributed by atoms with Crippen molar-refractivity contribution in [3.05, 3.63) is 246 Å². The Morgan fingerprint density at radius 1 is 0.333 bits per heavy atom. The molecule has 4 bridgehead atoms. The van der Waals surface area contributed by atoms with Gasteiger partial charge in [0.15, 0.2) is 0 Å². The molecule has 0 aliphatic heterocycles. The molecular weight excluding hydrogens is 943 g/mol. The largest absolute Gasteiger partial charge is 0.455 e. The average molecular weight is 1000 g/mol. The third kappa shape index (κ3) is 6.09. The van der Waals surface area contributed by atoms with Crippen molar-refractivity contribution in [2.75, 3.05) is 4.90 Å². The maximum absolute atomic E-state index is 6.61. The molecule has 7 aliphatic carbocycles. The topological polar surface area (TPSA) is 16.4 Å². The number of benzene rings is 10. The number of anilines is 3. The maximum atomic E-state index is 6.61. The Balaban J connectivity index is 0.728. The van der Waals surface area contributed by atoms with E-state index < -0.39 is 0 Å². The molecule has 0 radical (unpaired) electrons. The van der Waals surface area contributed by atoms with Gasteiger partial charge in [0.05, 0.1) is 0 Å². The number of rotatable bonds is 6. The molecule has 1 aromatic heterocycles. The SMILES string of the molecule is CC1(C)c2ccccc2-c2ccc(N(c3ccc(-c4ccc(-c5ccc6c(c5)C5(c7ccc(-c8cccc9c8oc8ccccc89)cc7-6)C6CC7CC(C6)CC5C7)cc4)cc3)c3ccc4c(c3)C(C)(C)c3ccccc3-4)cc21. The van der Waals surface area contributed by atoms with Crippen LogP contribution < -0.4 is 4.90 Å². The molecule has 376 valence electrons. The van der Waals surface area contributed by atoms with Gasteiger partial charge in [-0.3, -0.25) is 0 Å². The number of furan rings is 1. The fourth-order valence-corrected chi connectivity index (χ4v) is 17.3. The van der Waals surface area contributed by atoms with Gasteiger partial charge in [-0.25, -0.2) is 0 Å². The van der Waals surface area contributed by atoms with Crippen molar-refractivity contribution >= 4 is 39.0 Å². The van der Waals surface area contributed by atoms with Gasteiger partial charge in [0, 0.05) is 49.6 Å². The predicted octanol–water partition coefficient (Wildman–Crippen LogP) is 20.4. The van der Waals surface area contributed by atoms with E-state index in [9.17, 15) is 0 Å². The van der Waals surface area contributed by atoms with Gasteiger partial charge >= 0.3 is 0 Å². The summed E-state index contributed by atoms with van der Waals surface area (Å²) in [6.07, 6.45) is 6.90. The van der Waals surface area contributed by atoms with E-state index in [1.807, 2.05) is 0 Å². The van der Waals surface area contributed by atoms with E-state index in [0.717, 1.165) is 28.7 Å². The predicted molar refractivity (Wildman–Crippen MR) is 323 cm³/mol. The van der Waals surface area contributed by atoms with E-state index in [-0.39, 0.29) is 16.2 Å². The second-order valence-electron chi connectivity index (χ2n) is 25.2. The molecule has 2 nitrogen and oxygen atoms in total. The summed E-state index contributed by atoms with van der Waals surface area (Å²) >= 11 is 0. The van der Waals surface area contributed by atoms with E-state index >= 15 is 0 Å². The van der Waals surface area contributed by atoms with Crippen LogP contribution in [0.1, 0.15) is 93.2 Å². The molecule has 0 amide bonds. The lowest BCUT2D eigenvalue weighted by atomic mass is 9.43. The number of hydrogen-bond acceptors (Lipinski definition) is 2. The summed E-state index contributed by atoms with van der Waals surface area (Å²) in [6, 6.07) is 81.0. The molecule has 0 unspecified atom stereocenters. The van der Waals surface area contributed by atoms with Crippen LogP contribution in [0.5, 0.6) is 0 Å². The van der Waals surface area contributed by atoms with Crippen molar-refractivity contribution in [2.24, 2.45) is 23.7 Å². The van der Waals surface area contributed by atoms with Crippen LogP contribution in [0.3, 0.4) is 0 Å². The summed E-state index contributed by atoms with van der Waals surface area (Å²) in [7, 11) is 0. The molecule has 1 heterocycles. The molecule has 0 N–H and O–H groups in total. The summed E-state index contributed by atoms with van der Waals surface area (Å²) in [5.41, 5.74) is 29.7. The number of nitrogens with zero attached hydrogens (tertiary/aromatic N) is 1. The Bertz CT molecular complexity index is 4200. The van der Waals surface area contributed by atoms with E-state index in [1.165, 1.54) is 143 Å². The van der Waals surface area contributed by atoms with Crippen molar-refractivity contribution in [3.63, 3.8) is 0 Å². The molecule has 4 fully saturated rings. The zero-order chi connectivity index (χ0) is 51.8. The fraction of sp³-hybridized carbons (Fsp3) is 0.211. The Hall–Kier alpha value is -8.20. The molecular formula is C76H61NO. The van der Waals surface area contributed by atoms with Crippen LogP contribution in [-0.4, -0.2) is 0 Å². The lowest BCUT2D eigenvalue weighted by molar-refractivity contribution is -0.0399. The Morgan fingerprint density at radius 3 is 1.45 bits per heavy atom. The zero-order valence-corrected chi connectivity index (χ0v) is 44.9. The van der Waals surface area contributed by atoms with E-state index in [0.29, 0.717) is 11.8 Å². The van der Waals surface area contributed by atoms with Crippen LogP contribution in [0.4, 0.5) is 17.1 Å². The third-order valence-corrected chi connectivity index (χ3v) is 20.7. The Labute approximate surface area is 458 Å². The van der Waals surface area contributed by atoms with E-state index in [4.69, 9.17) is 4.42 Å². The smallest absolute Gasteiger partial charge is 0.143 e. The molecule has 0 atom stereocenters. The monoisotopic (exact) mass is 1000 g/mol. The lowest BCUT2D eigenvalue weighted by Gasteiger charge is -2.61. The standard InChI is InChI=1S/C76H61NO/c1-74(2)66-17-8-5-12-58(66)60-33-30-55(43-69(60)74)77(56-31-34-61-59-13-6-9-18-67(59)75(3,4)70(61)44-56)54-28-24-48(25-29-54)47-20-22-49(23-21-47)50-26-32-62-65-41-51(57-15-11-16-64-63-14-7-10-19-72(63)78-73(57)64)27-35-68(65)76(71(62)42-50)52-37-45-36-46(39-52)40-53(76)38-45/h5-35,41-46,52-53H,36-40H2,1-4H3. The molecule has 7 aliphatic rings. The van der Waals surface area contributed by atoms with Crippen LogP contribution in [0.25, 0.3) is 88.7 Å². The molecule has 2 heteroatoms. The highest BCUT2D eigenvalue weighted by Crippen LogP contribution is 2.70. The normalized spacial score (nSPS) is 21.8. The quantitative estimate of drug-likeness (QED) is 0.165. The molecule has 78 heavy (non-hydrogen) atoms. The minimum Gasteiger partial charge on any atom is -0.455 e. The third-order valence-electron chi connectivity index (χ3n) is 20.7. The highest BCUT2D eigenvalue weighted by atomic mass is 16.3. The van der Waals surface area contributed by atoms with Crippen molar-refractivity contribution in [3.8, 4) is 66.8 Å². The maximum Gasteiger partial charge on any atom is 0.143 e. The first-order valence-electron chi connectivity index (χ1n) is 28.8. The first kappa shape index (κ1) is 44.9. The number of fused-ring (bicyclic) bond motifs is 12. The zero-order valence-electron chi connectivity index (χ0n) is 44.9. The van der Waals surface area contributed by atoms with Crippen LogP contribution in [0, 0.1) is 23.7 Å². The minimum absolute atomic E-state index is 0.0650. The molecule has 10 aromatic carbocycles. The van der Waals surface area contributed by atoms with Crippen molar-refractivity contribution in [2.45, 2.75) is 76.0 Å². The van der Waals surface area contributed by atoms with Gasteiger partial charge in [0.1, 0.15) is 11.2 Å². The highest BCUT2D eigenvalue weighted by molar-refractivity contribution is 6.10. The molecule has 0 saturated heterocycles. The van der Waals surface area contributed by atoms with Gasteiger partial charge in [0.2, 0.25) is 0 Å². The molecule has 1 spiro atoms. The van der Waals surface area contributed by atoms with Gasteiger partial charge in [-0.2, -0.15) is 0 Å². The van der Waals surface area contributed by atoms with E-state index in [2.05, 4.69) is 245 Å². The van der Waals surface area contributed by atoms with Crippen LogP contribution >= 0.6 is 0 Å². The molecule has 11 aromatic rings. The highest BCUT2D eigenvalue weighted by Gasteiger charge is 2.61. The summed E-state index contributed by atoms with van der Waals surface area (Å²) in [5, 5.41) is 2.36. The summed E-state index contributed by atoms with van der Waals surface area (Å²) in [5.74, 6) is 3.15. The Morgan fingerprint density at radius 2 is 0.808 bits per heavy atom. The van der Waals surface area contributed by atoms with E-state index in [1.54, 1.807) is 11.1 Å². The molecule has 4 saturated carbocycles. The number of hydrogen-bond donors (Lipinski definition) is 0. The van der Waals surface area contributed by atoms with Crippen LogP contribution in [-0.2, 0) is 16.2 Å². The first-order valence-corrected chi connectivity index (χ1v) is 28.8. The molecule has 18 rings (SSSR count). The number of para-hydroxylation sites is 2. The van der Waals surface area contributed by atoms with Crippen molar-refractivity contribution < 1.29 is 4.42 Å². The van der Waals surface area contributed by atoms with Gasteiger partial charge in [-0.15, -0.1) is 0 Å². The van der Waals surface area contributed by atoms with Crippen molar-refractivity contribution in [1.82, 2.24) is 0 Å². The Kier molecular flexibility index (Phi) is 9.18. The van der Waals surface area contributed by atoms with Gasteiger partial charge in [-0.1, -0.05) is 185 Å². The lowest BCUT2D eigenvalue weighted by Crippen LogP contribution is -2.55. The van der Waals surface area contributed by atoms with Crippen LogP contribution in [0.15, 0.2) is 217 Å². The second-order valence-corrected chi connectivity index (χ2v) is 25.2. The van der Waals surface area contributed by atoms with Crippen molar-refractivity contribution in [1.29, 1.82) is 0 Å². The van der Waals surface area contributed by atoms with Gasteiger partial charge < -0.3 is 9.32 Å². The first-order chi connectivity index (χ1) is 38.1. The summed E-state index contributed by atoms with van der Waals surface area (Å²) in [6.45, 7) is 9.52. The summed E-state index contributed by atoms with van der Waals surface area (Å²) < 4.78 is 6.61. The average Bonchev–Trinajstić information content (AvgIpc) is 4.25. The van der Waals surface area contributed by atoms with Crippen LogP contribution in [0.2, 0.25) is 0 Å². The fourth-order valence-electron chi connectivity index (χ4n) is 17.3. The van der Waals surface area contributed by atoms with Gasteiger partial charge in [0.25, 0.3) is 0 Å². The van der Waals surface area contributed by atoms with Gasteiger partial charge in [-0.05, 0) is 205 Å².